The van der Waals surface area contributed by atoms with E-state index in [1.807, 2.05) is 24.4 Å². The highest BCUT2D eigenvalue weighted by atomic mass is 16.5. The molecular formula is C13H23N3O. The normalized spacial score (nSPS) is 14.5. The summed E-state index contributed by atoms with van der Waals surface area (Å²) in [4.78, 5) is 4.34. The van der Waals surface area contributed by atoms with Crippen LogP contribution in [0.5, 0.6) is 0 Å². The number of ether oxygens (including phenoxy) is 1. The number of hydrogen-bond donors (Lipinski definition) is 2. The summed E-state index contributed by atoms with van der Waals surface area (Å²) < 4.78 is 5.21. The third-order valence-electron chi connectivity index (χ3n) is 2.74. The summed E-state index contributed by atoms with van der Waals surface area (Å²) in [7, 11) is 1.72. The van der Waals surface area contributed by atoms with Crippen molar-refractivity contribution in [2.24, 2.45) is 5.73 Å². The largest absolute Gasteiger partial charge is 0.383 e. The number of aromatic nitrogens is 1. The Balaban J connectivity index is 2.48. The number of rotatable bonds is 8. The third kappa shape index (κ3) is 5.26. The molecule has 0 aliphatic heterocycles. The number of methoxy groups -OCH3 is 1. The molecule has 2 unspecified atom stereocenters. The molecule has 4 nitrogen and oxygen atoms in total. The van der Waals surface area contributed by atoms with Gasteiger partial charge < -0.3 is 15.8 Å². The zero-order chi connectivity index (χ0) is 12.5. The van der Waals surface area contributed by atoms with Gasteiger partial charge in [-0.1, -0.05) is 6.07 Å². The molecule has 96 valence electrons. The Labute approximate surface area is 104 Å². The predicted octanol–water partition coefficient (Wildman–Crippen LogP) is 1.49. The number of pyridine rings is 1. The van der Waals surface area contributed by atoms with E-state index < -0.39 is 0 Å². The van der Waals surface area contributed by atoms with Crippen LogP contribution in [0.4, 0.5) is 0 Å². The molecule has 0 aliphatic rings. The van der Waals surface area contributed by atoms with Gasteiger partial charge in [0.2, 0.25) is 0 Å². The second-order valence-corrected chi connectivity index (χ2v) is 4.23. The maximum Gasteiger partial charge on any atom is 0.0616 e. The van der Waals surface area contributed by atoms with E-state index in [2.05, 4.69) is 17.2 Å². The van der Waals surface area contributed by atoms with Crippen molar-refractivity contribution in [2.45, 2.75) is 31.8 Å². The number of nitrogens with zero attached hydrogens (tertiary/aromatic N) is 1. The molecule has 1 aromatic heterocycles. The van der Waals surface area contributed by atoms with Gasteiger partial charge in [-0.05, 0) is 38.4 Å². The molecule has 0 saturated heterocycles. The van der Waals surface area contributed by atoms with Crippen molar-refractivity contribution in [3.05, 3.63) is 30.1 Å². The minimum absolute atomic E-state index is 0.231. The second kappa shape index (κ2) is 8.17. The fourth-order valence-electron chi connectivity index (χ4n) is 1.85. The molecule has 0 amide bonds. The molecule has 0 saturated carbocycles. The van der Waals surface area contributed by atoms with Gasteiger partial charge in [0.1, 0.15) is 0 Å². The SMILES string of the molecule is COCC(CCCN)NC(C)c1ccccn1. The average molecular weight is 237 g/mol. The zero-order valence-electron chi connectivity index (χ0n) is 10.7. The van der Waals surface area contributed by atoms with E-state index in [0.29, 0.717) is 12.6 Å². The van der Waals surface area contributed by atoms with Crippen LogP contribution in [0.2, 0.25) is 0 Å². The summed E-state index contributed by atoms with van der Waals surface area (Å²) in [6.07, 6.45) is 3.86. The van der Waals surface area contributed by atoms with Crippen molar-refractivity contribution in [1.82, 2.24) is 10.3 Å². The number of hydrogen-bond acceptors (Lipinski definition) is 4. The maximum atomic E-state index is 5.53. The van der Waals surface area contributed by atoms with Crippen LogP contribution in [0, 0.1) is 0 Å². The van der Waals surface area contributed by atoms with Gasteiger partial charge in [-0.15, -0.1) is 0 Å². The van der Waals surface area contributed by atoms with Crippen LogP contribution >= 0.6 is 0 Å². The first-order chi connectivity index (χ1) is 8.27. The Morgan fingerprint density at radius 2 is 2.29 bits per heavy atom. The van der Waals surface area contributed by atoms with Crippen molar-refractivity contribution >= 4 is 0 Å². The van der Waals surface area contributed by atoms with Crippen LogP contribution in [0.15, 0.2) is 24.4 Å². The van der Waals surface area contributed by atoms with Gasteiger partial charge >= 0.3 is 0 Å². The van der Waals surface area contributed by atoms with Gasteiger partial charge in [-0.2, -0.15) is 0 Å². The first-order valence-electron chi connectivity index (χ1n) is 6.14. The average Bonchev–Trinajstić information content (AvgIpc) is 2.37. The van der Waals surface area contributed by atoms with Gasteiger partial charge in [0.25, 0.3) is 0 Å². The summed E-state index contributed by atoms with van der Waals surface area (Å²) in [6, 6.07) is 6.53. The quantitative estimate of drug-likeness (QED) is 0.719. The smallest absolute Gasteiger partial charge is 0.0616 e. The molecule has 2 atom stereocenters. The molecule has 0 fully saturated rings. The lowest BCUT2D eigenvalue weighted by Crippen LogP contribution is -2.35. The molecule has 0 radical (unpaired) electrons. The molecule has 1 aromatic rings. The van der Waals surface area contributed by atoms with Crippen LogP contribution in [0.25, 0.3) is 0 Å². The van der Waals surface area contributed by atoms with Crippen LogP contribution in [-0.2, 0) is 4.74 Å². The number of nitrogens with two attached hydrogens (primary N) is 1. The van der Waals surface area contributed by atoms with Gasteiger partial charge in [0.05, 0.1) is 12.3 Å². The monoisotopic (exact) mass is 237 g/mol. The van der Waals surface area contributed by atoms with Crippen molar-refractivity contribution in [3.8, 4) is 0 Å². The van der Waals surface area contributed by atoms with Gasteiger partial charge in [0.15, 0.2) is 0 Å². The highest BCUT2D eigenvalue weighted by molar-refractivity contribution is 5.07. The van der Waals surface area contributed by atoms with Gasteiger partial charge in [-0.25, -0.2) is 0 Å². The molecule has 0 aliphatic carbocycles. The fraction of sp³-hybridized carbons (Fsp3) is 0.615. The minimum atomic E-state index is 0.231. The maximum absolute atomic E-state index is 5.53. The highest BCUT2D eigenvalue weighted by Crippen LogP contribution is 2.10. The second-order valence-electron chi connectivity index (χ2n) is 4.23. The Kier molecular flexibility index (Phi) is 6.77. The topological polar surface area (TPSA) is 60.2 Å². The minimum Gasteiger partial charge on any atom is -0.383 e. The van der Waals surface area contributed by atoms with E-state index in [9.17, 15) is 0 Å². The lowest BCUT2D eigenvalue weighted by atomic mass is 10.1. The Morgan fingerprint density at radius 3 is 2.88 bits per heavy atom. The summed E-state index contributed by atoms with van der Waals surface area (Å²) in [5, 5.41) is 3.53. The van der Waals surface area contributed by atoms with Crippen molar-refractivity contribution in [2.75, 3.05) is 20.3 Å². The Bertz CT molecular complexity index is 292. The van der Waals surface area contributed by atoms with Crippen molar-refractivity contribution in [1.29, 1.82) is 0 Å². The van der Waals surface area contributed by atoms with E-state index in [4.69, 9.17) is 10.5 Å². The predicted molar refractivity (Wildman–Crippen MR) is 69.7 cm³/mol. The molecule has 1 heterocycles. The number of nitrogens with one attached hydrogen (secondary N) is 1. The molecule has 0 bridgehead atoms. The van der Waals surface area contributed by atoms with E-state index in [-0.39, 0.29) is 6.04 Å². The zero-order valence-corrected chi connectivity index (χ0v) is 10.7. The molecule has 1 rings (SSSR count). The lowest BCUT2D eigenvalue weighted by molar-refractivity contribution is 0.156. The Morgan fingerprint density at radius 1 is 1.47 bits per heavy atom. The van der Waals surface area contributed by atoms with Crippen LogP contribution in [0.1, 0.15) is 31.5 Å². The lowest BCUT2D eigenvalue weighted by Gasteiger charge is -2.22. The molecular weight excluding hydrogens is 214 g/mol. The standard InChI is InChI=1S/C13H23N3O/c1-11(13-7-3-4-9-15-13)16-12(10-17-2)6-5-8-14/h3-4,7,9,11-12,16H,5-6,8,10,14H2,1-2H3. The summed E-state index contributed by atoms with van der Waals surface area (Å²) in [6.45, 7) is 3.55. The van der Waals surface area contributed by atoms with Crippen molar-refractivity contribution in [3.63, 3.8) is 0 Å². The first kappa shape index (κ1) is 14.1. The molecule has 0 aromatic carbocycles. The summed E-state index contributed by atoms with van der Waals surface area (Å²) in [5.74, 6) is 0. The van der Waals surface area contributed by atoms with E-state index in [1.165, 1.54) is 0 Å². The van der Waals surface area contributed by atoms with E-state index >= 15 is 0 Å². The fourth-order valence-corrected chi connectivity index (χ4v) is 1.85. The Hall–Kier alpha value is -0.970. The van der Waals surface area contributed by atoms with Crippen LogP contribution < -0.4 is 11.1 Å². The van der Waals surface area contributed by atoms with E-state index in [1.54, 1.807) is 7.11 Å². The highest BCUT2D eigenvalue weighted by Gasteiger charge is 2.13. The molecule has 0 spiro atoms. The molecule has 4 heteroatoms. The molecule has 17 heavy (non-hydrogen) atoms. The molecule has 3 N–H and O–H groups in total. The van der Waals surface area contributed by atoms with Crippen molar-refractivity contribution < 1.29 is 4.74 Å². The van der Waals surface area contributed by atoms with E-state index in [0.717, 1.165) is 25.1 Å². The summed E-state index contributed by atoms with van der Waals surface area (Å²) >= 11 is 0. The van der Waals surface area contributed by atoms with Crippen LogP contribution in [-0.4, -0.2) is 31.3 Å². The third-order valence-corrected chi connectivity index (χ3v) is 2.74. The summed E-state index contributed by atoms with van der Waals surface area (Å²) in [5.41, 5.74) is 6.59. The van der Waals surface area contributed by atoms with Gasteiger partial charge in [-0.3, -0.25) is 4.98 Å². The van der Waals surface area contributed by atoms with Gasteiger partial charge in [0, 0.05) is 25.4 Å². The van der Waals surface area contributed by atoms with Crippen LogP contribution in [0.3, 0.4) is 0 Å². The first-order valence-corrected chi connectivity index (χ1v) is 6.14.